The Hall–Kier alpha value is -1.36. The number of nitrogens with zero attached hydrogens (tertiary/aromatic N) is 3. The van der Waals surface area contributed by atoms with Gasteiger partial charge in [0, 0.05) is 23.3 Å². The van der Waals surface area contributed by atoms with Gasteiger partial charge in [0.25, 0.3) is 0 Å². The molecule has 2 aromatic rings. The lowest BCUT2D eigenvalue weighted by Gasteiger charge is -2.02. The van der Waals surface area contributed by atoms with E-state index in [9.17, 15) is 0 Å². The van der Waals surface area contributed by atoms with E-state index in [1.165, 1.54) is 16.1 Å². The first-order valence-corrected chi connectivity index (χ1v) is 7.18. The number of hydrogen-bond acceptors (Lipinski definition) is 4. The van der Waals surface area contributed by atoms with Gasteiger partial charge < -0.3 is 5.32 Å². The summed E-state index contributed by atoms with van der Waals surface area (Å²) < 4.78 is 2.08. The van der Waals surface area contributed by atoms with Crippen LogP contribution in [0.5, 0.6) is 0 Å². The van der Waals surface area contributed by atoms with E-state index in [1.807, 2.05) is 6.20 Å². The van der Waals surface area contributed by atoms with Crippen LogP contribution in [0.1, 0.15) is 35.7 Å². The summed E-state index contributed by atoms with van der Waals surface area (Å²) in [5, 5.41) is 8.83. The first-order chi connectivity index (χ1) is 8.65. The Morgan fingerprint density at radius 2 is 2.11 bits per heavy atom. The summed E-state index contributed by atoms with van der Waals surface area (Å²) in [4.78, 5) is 5.58. The SMILES string of the molecule is CCNc1ncc(Cn2nc(C)c(CC)c2C)s1. The van der Waals surface area contributed by atoms with Gasteiger partial charge in [-0.1, -0.05) is 6.92 Å². The molecule has 0 fully saturated rings. The smallest absolute Gasteiger partial charge is 0.182 e. The first kappa shape index (κ1) is 13.1. The monoisotopic (exact) mass is 264 g/mol. The second kappa shape index (κ2) is 5.52. The van der Waals surface area contributed by atoms with Crippen molar-refractivity contribution in [3.05, 3.63) is 28.0 Å². The third kappa shape index (κ3) is 2.56. The number of aryl methyl sites for hydroxylation is 1. The van der Waals surface area contributed by atoms with Gasteiger partial charge in [-0.2, -0.15) is 5.10 Å². The van der Waals surface area contributed by atoms with E-state index in [0.29, 0.717) is 0 Å². The minimum Gasteiger partial charge on any atom is -0.362 e. The average molecular weight is 264 g/mol. The lowest BCUT2D eigenvalue weighted by atomic mass is 10.1. The second-order valence-electron chi connectivity index (χ2n) is 4.32. The largest absolute Gasteiger partial charge is 0.362 e. The first-order valence-electron chi connectivity index (χ1n) is 6.37. The topological polar surface area (TPSA) is 42.7 Å². The Morgan fingerprint density at radius 3 is 2.72 bits per heavy atom. The predicted octanol–water partition coefficient (Wildman–Crippen LogP) is 3.00. The van der Waals surface area contributed by atoms with Crippen LogP contribution < -0.4 is 5.32 Å². The summed E-state index contributed by atoms with van der Waals surface area (Å²) in [6.07, 6.45) is 2.98. The van der Waals surface area contributed by atoms with Gasteiger partial charge in [-0.25, -0.2) is 4.98 Å². The van der Waals surface area contributed by atoms with Crippen LogP contribution in [0.15, 0.2) is 6.20 Å². The fourth-order valence-corrected chi connectivity index (χ4v) is 3.02. The third-order valence-corrected chi connectivity index (χ3v) is 4.01. The quantitative estimate of drug-likeness (QED) is 0.902. The average Bonchev–Trinajstić information content (AvgIpc) is 2.87. The van der Waals surface area contributed by atoms with Crippen molar-refractivity contribution in [2.24, 2.45) is 0 Å². The molecule has 0 saturated carbocycles. The highest BCUT2D eigenvalue weighted by Gasteiger charge is 2.11. The highest BCUT2D eigenvalue weighted by atomic mass is 32.1. The minimum atomic E-state index is 0.815. The molecule has 0 aromatic carbocycles. The van der Waals surface area contributed by atoms with Crippen LogP contribution in [0, 0.1) is 13.8 Å². The van der Waals surface area contributed by atoms with Crippen molar-refractivity contribution in [2.75, 3.05) is 11.9 Å². The van der Waals surface area contributed by atoms with Gasteiger partial charge >= 0.3 is 0 Å². The Morgan fingerprint density at radius 1 is 1.33 bits per heavy atom. The van der Waals surface area contributed by atoms with E-state index in [2.05, 4.69) is 47.8 Å². The van der Waals surface area contributed by atoms with Crippen LogP contribution in [0.4, 0.5) is 5.13 Å². The second-order valence-corrected chi connectivity index (χ2v) is 5.44. The maximum Gasteiger partial charge on any atom is 0.182 e. The van der Waals surface area contributed by atoms with Crippen molar-refractivity contribution < 1.29 is 0 Å². The molecule has 0 radical (unpaired) electrons. The van der Waals surface area contributed by atoms with Crippen molar-refractivity contribution in [1.82, 2.24) is 14.8 Å². The Balaban J connectivity index is 2.17. The van der Waals surface area contributed by atoms with Crippen LogP contribution >= 0.6 is 11.3 Å². The van der Waals surface area contributed by atoms with Crippen molar-refractivity contribution >= 4 is 16.5 Å². The molecule has 0 aliphatic carbocycles. The van der Waals surface area contributed by atoms with Crippen LogP contribution in [0.25, 0.3) is 0 Å². The summed E-state index contributed by atoms with van der Waals surface area (Å²) in [5.74, 6) is 0. The third-order valence-electron chi connectivity index (χ3n) is 3.07. The van der Waals surface area contributed by atoms with E-state index in [-0.39, 0.29) is 0 Å². The van der Waals surface area contributed by atoms with E-state index in [4.69, 9.17) is 0 Å². The summed E-state index contributed by atoms with van der Waals surface area (Å²) in [5.41, 5.74) is 3.78. The molecule has 0 amide bonds. The molecule has 1 N–H and O–H groups in total. The normalized spacial score (nSPS) is 10.9. The minimum absolute atomic E-state index is 0.815. The molecule has 2 rings (SSSR count). The van der Waals surface area contributed by atoms with Gasteiger partial charge in [-0.05, 0) is 32.8 Å². The molecule has 0 atom stereocenters. The van der Waals surface area contributed by atoms with E-state index >= 15 is 0 Å². The van der Waals surface area contributed by atoms with E-state index in [1.54, 1.807) is 11.3 Å². The van der Waals surface area contributed by atoms with Crippen molar-refractivity contribution in [2.45, 2.75) is 40.7 Å². The summed E-state index contributed by atoms with van der Waals surface area (Å²) in [7, 11) is 0. The summed E-state index contributed by atoms with van der Waals surface area (Å²) >= 11 is 1.70. The van der Waals surface area contributed by atoms with Crippen molar-refractivity contribution in [1.29, 1.82) is 0 Å². The van der Waals surface area contributed by atoms with Gasteiger partial charge in [0.15, 0.2) is 5.13 Å². The Kier molecular flexibility index (Phi) is 4.01. The Bertz CT molecular complexity index is 527. The van der Waals surface area contributed by atoms with E-state index < -0.39 is 0 Å². The fourth-order valence-electron chi connectivity index (χ4n) is 2.16. The number of nitrogens with one attached hydrogen (secondary N) is 1. The molecule has 4 nitrogen and oxygen atoms in total. The zero-order valence-electron chi connectivity index (χ0n) is 11.4. The molecule has 0 unspecified atom stereocenters. The fraction of sp³-hybridized carbons (Fsp3) is 0.538. The standard InChI is InChI=1S/C13H20N4S/c1-5-12-9(3)16-17(10(12)4)8-11-7-15-13(18-11)14-6-2/h7H,5-6,8H2,1-4H3,(H,14,15). The van der Waals surface area contributed by atoms with Crippen molar-refractivity contribution in [3.8, 4) is 0 Å². The summed E-state index contributed by atoms with van der Waals surface area (Å²) in [6, 6.07) is 0. The molecule has 18 heavy (non-hydrogen) atoms. The molecule has 0 aliphatic heterocycles. The molecular formula is C13H20N4S. The molecule has 0 saturated heterocycles. The van der Waals surface area contributed by atoms with Gasteiger partial charge in [0.1, 0.15) is 0 Å². The number of aromatic nitrogens is 3. The zero-order valence-corrected chi connectivity index (χ0v) is 12.3. The summed E-state index contributed by atoms with van der Waals surface area (Å²) in [6.45, 7) is 10.2. The molecule has 98 valence electrons. The van der Waals surface area contributed by atoms with Crippen LogP contribution in [0.2, 0.25) is 0 Å². The highest BCUT2D eigenvalue weighted by molar-refractivity contribution is 7.15. The van der Waals surface area contributed by atoms with Crippen molar-refractivity contribution in [3.63, 3.8) is 0 Å². The molecular weight excluding hydrogens is 244 g/mol. The molecule has 0 bridgehead atoms. The van der Waals surface area contributed by atoms with Gasteiger partial charge in [0.05, 0.1) is 12.2 Å². The molecule has 2 heterocycles. The Labute approximate surface area is 112 Å². The number of anilines is 1. The van der Waals surface area contributed by atoms with Gasteiger partial charge in [0.2, 0.25) is 0 Å². The number of hydrogen-bond donors (Lipinski definition) is 1. The van der Waals surface area contributed by atoms with Gasteiger partial charge in [-0.15, -0.1) is 11.3 Å². The predicted molar refractivity (Wildman–Crippen MR) is 76.5 cm³/mol. The van der Waals surface area contributed by atoms with Crippen LogP contribution in [0.3, 0.4) is 0 Å². The maximum atomic E-state index is 4.61. The van der Waals surface area contributed by atoms with E-state index in [0.717, 1.165) is 30.3 Å². The number of thiazole rings is 1. The van der Waals surface area contributed by atoms with Gasteiger partial charge in [-0.3, -0.25) is 4.68 Å². The molecule has 0 aliphatic rings. The van der Waals surface area contributed by atoms with Crippen LogP contribution in [-0.4, -0.2) is 21.3 Å². The maximum absolute atomic E-state index is 4.61. The molecule has 2 aromatic heterocycles. The molecule has 0 spiro atoms. The lowest BCUT2D eigenvalue weighted by molar-refractivity contribution is 0.664. The number of rotatable bonds is 5. The molecule has 5 heteroatoms. The lowest BCUT2D eigenvalue weighted by Crippen LogP contribution is -2.02. The van der Waals surface area contributed by atoms with Crippen LogP contribution in [-0.2, 0) is 13.0 Å². The highest BCUT2D eigenvalue weighted by Crippen LogP contribution is 2.21. The zero-order chi connectivity index (χ0) is 13.1.